The van der Waals surface area contributed by atoms with E-state index in [4.69, 9.17) is 5.73 Å². The van der Waals surface area contributed by atoms with Gasteiger partial charge < -0.3 is 5.73 Å². The maximum Gasteiger partial charge on any atom is 0.153 e. The minimum Gasteiger partial charge on any atom is -0.321 e. The molecule has 0 spiro atoms. The lowest BCUT2D eigenvalue weighted by molar-refractivity contribution is -0.120. The molecular weight excluding hydrogens is 285 g/mol. The predicted octanol–water partition coefficient (Wildman–Crippen LogP) is 3.07. The van der Waals surface area contributed by atoms with Gasteiger partial charge in [-0.1, -0.05) is 26.0 Å². The topological polar surface area (TPSA) is 43.1 Å². The average Bonchev–Trinajstić information content (AvgIpc) is 2.23. The van der Waals surface area contributed by atoms with Crippen molar-refractivity contribution in [3.63, 3.8) is 0 Å². The Morgan fingerprint density at radius 2 is 2.12 bits per heavy atom. The van der Waals surface area contributed by atoms with Crippen molar-refractivity contribution in [3.05, 3.63) is 34.1 Å². The maximum atomic E-state index is 13.3. The van der Waals surface area contributed by atoms with Gasteiger partial charge in [-0.2, -0.15) is 0 Å². The monoisotopic (exact) mass is 301 g/mol. The van der Waals surface area contributed by atoms with Gasteiger partial charge in [0.05, 0.1) is 10.5 Å². The first-order valence-corrected chi connectivity index (χ1v) is 6.42. The van der Waals surface area contributed by atoms with Crippen LogP contribution in [0.1, 0.15) is 25.8 Å². The third-order valence-corrected chi connectivity index (χ3v) is 3.42. The van der Waals surface area contributed by atoms with Gasteiger partial charge in [0.25, 0.3) is 0 Å². The van der Waals surface area contributed by atoms with Crippen LogP contribution in [0.25, 0.3) is 0 Å². The molecule has 1 atom stereocenters. The van der Waals surface area contributed by atoms with Crippen molar-refractivity contribution in [2.24, 2.45) is 11.7 Å². The van der Waals surface area contributed by atoms with E-state index in [1.54, 1.807) is 12.1 Å². The number of nitrogens with two attached hydrogens (primary N) is 1. The number of benzene rings is 1. The molecule has 0 radical (unpaired) electrons. The predicted molar refractivity (Wildman–Crippen MR) is 70.2 cm³/mol. The molecule has 0 bridgehead atoms. The van der Waals surface area contributed by atoms with Crippen LogP contribution in [0, 0.1) is 11.7 Å². The second-order valence-corrected chi connectivity index (χ2v) is 5.39. The summed E-state index contributed by atoms with van der Waals surface area (Å²) in [5.74, 6) is -0.0253. The minimum absolute atomic E-state index is 0.0509. The largest absolute Gasteiger partial charge is 0.321 e. The van der Waals surface area contributed by atoms with Gasteiger partial charge in [-0.05, 0) is 39.9 Å². The van der Waals surface area contributed by atoms with Crippen molar-refractivity contribution < 1.29 is 9.18 Å². The van der Waals surface area contributed by atoms with E-state index in [0.717, 1.165) is 0 Å². The number of rotatable bonds is 5. The van der Waals surface area contributed by atoms with E-state index in [1.165, 1.54) is 6.07 Å². The highest BCUT2D eigenvalue weighted by atomic mass is 79.9. The number of hydrogen-bond acceptors (Lipinski definition) is 2. The van der Waals surface area contributed by atoms with Crippen molar-refractivity contribution in [2.45, 2.75) is 32.7 Å². The quantitative estimate of drug-likeness (QED) is 0.908. The number of hydrogen-bond donors (Lipinski definition) is 1. The number of ketones is 1. The summed E-state index contributed by atoms with van der Waals surface area (Å²) in [6.07, 6.45) is 0.831. The smallest absolute Gasteiger partial charge is 0.153 e. The molecule has 1 rings (SSSR count). The van der Waals surface area contributed by atoms with Crippen molar-refractivity contribution in [1.29, 1.82) is 0 Å². The Labute approximate surface area is 110 Å². The lowest BCUT2D eigenvalue weighted by Crippen LogP contribution is -2.33. The van der Waals surface area contributed by atoms with E-state index in [0.29, 0.717) is 22.4 Å². The van der Waals surface area contributed by atoms with Crippen LogP contribution in [0.15, 0.2) is 22.7 Å². The number of halogens is 2. The molecule has 1 aromatic rings. The summed E-state index contributed by atoms with van der Waals surface area (Å²) in [5.41, 5.74) is 6.44. The highest BCUT2D eigenvalue weighted by Gasteiger charge is 2.17. The highest BCUT2D eigenvalue weighted by molar-refractivity contribution is 9.10. The molecule has 4 heteroatoms. The van der Waals surface area contributed by atoms with Crippen LogP contribution in [0.2, 0.25) is 0 Å². The summed E-state index contributed by atoms with van der Waals surface area (Å²) in [6.45, 7) is 4.04. The van der Waals surface area contributed by atoms with E-state index in [9.17, 15) is 9.18 Å². The molecule has 0 aliphatic heterocycles. The third-order valence-electron chi connectivity index (χ3n) is 2.54. The van der Waals surface area contributed by atoms with Crippen LogP contribution in [0.4, 0.5) is 4.39 Å². The highest BCUT2D eigenvalue weighted by Crippen LogP contribution is 2.21. The Morgan fingerprint density at radius 1 is 1.47 bits per heavy atom. The van der Waals surface area contributed by atoms with E-state index < -0.39 is 6.04 Å². The Bertz CT molecular complexity index is 406. The van der Waals surface area contributed by atoms with Gasteiger partial charge >= 0.3 is 0 Å². The van der Waals surface area contributed by atoms with Crippen LogP contribution in [0.3, 0.4) is 0 Å². The second-order valence-electron chi connectivity index (χ2n) is 4.59. The molecule has 2 N–H and O–H groups in total. The molecule has 0 saturated carbocycles. The van der Waals surface area contributed by atoms with Gasteiger partial charge in [-0.25, -0.2) is 4.39 Å². The molecule has 17 heavy (non-hydrogen) atoms. The summed E-state index contributed by atoms with van der Waals surface area (Å²) in [7, 11) is 0. The Hall–Kier alpha value is -0.740. The summed E-state index contributed by atoms with van der Waals surface area (Å²) in [6, 6.07) is 4.21. The Kier molecular flexibility index (Phi) is 5.28. The maximum absolute atomic E-state index is 13.3. The fourth-order valence-electron chi connectivity index (χ4n) is 1.64. The molecule has 0 amide bonds. The zero-order chi connectivity index (χ0) is 13.0. The standard InChI is InChI=1S/C13H17BrFNO/c1-8(2)6-11(16)12(17)7-9-4-3-5-10(15)13(9)14/h3-5,8,11H,6-7,16H2,1-2H3. The molecule has 0 aliphatic carbocycles. The van der Waals surface area contributed by atoms with E-state index >= 15 is 0 Å². The van der Waals surface area contributed by atoms with Gasteiger partial charge in [0.2, 0.25) is 0 Å². The van der Waals surface area contributed by atoms with E-state index in [1.807, 2.05) is 13.8 Å². The van der Waals surface area contributed by atoms with Crippen LogP contribution in [-0.2, 0) is 11.2 Å². The molecule has 0 aliphatic rings. The summed E-state index contributed by atoms with van der Waals surface area (Å²) >= 11 is 3.14. The lowest BCUT2D eigenvalue weighted by Gasteiger charge is -2.13. The molecule has 2 nitrogen and oxygen atoms in total. The van der Waals surface area contributed by atoms with Crippen molar-refractivity contribution in [3.8, 4) is 0 Å². The SMILES string of the molecule is CC(C)CC(N)C(=O)Cc1cccc(F)c1Br. The van der Waals surface area contributed by atoms with Crippen LogP contribution >= 0.6 is 15.9 Å². The normalized spacial score (nSPS) is 12.8. The summed E-state index contributed by atoms with van der Waals surface area (Å²) in [4.78, 5) is 11.8. The van der Waals surface area contributed by atoms with Crippen molar-refractivity contribution >= 4 is 21.7 Å². The van der Waals surface area contributed by atoms with Crippen LogP contribution < -0.4 is 5.73 Å². The Balaban J connectivity index is 2.71. The summed E-state index contributed by atoms with van der Waals surface area (Å²) in [5, 5.41) is 0. The van der Waals surface area contributed by atoms with Gasteiger partial charge in [0, 0.05) is 6.42 Å². The van der Waals surface area contributed by atoms with Gasteiger partial charge in [-0.3, -0.25) is 4.79 Å². The molecule has 1 unspecified atom stereocenters. The molecule has 0 saturated heterocycles. The van der Waals surface area contributed by atoms with Crippen molar-refractivity contribution in [2.75, 3.05) is 0 Å². The van der Waals surface area contributed by atoms with Gasteiger partial charge in [-0.15, -0.1) is 0 Å². The molecule has 0 fully saturated rings. The Morgan fingerprint density at radius 3 is 2.71 bits per heavy atom. The zero-order valence-electron chi connectivity index (χ0n) is 10.0. The zero-order valence-corrected chi connectivity index (χ0v) is 11.6. The lowest BCUT2D eigenvalue weighted by atomic mass is 9.97. The van der Waals surface area contributed by atoms with E-state index in [-0.39, 0.29) is 18.0 Å². The summed E-state index contributed by atoms with van der Waals surface area (Å²) < 4.78 is 13.6. The molecule has 0 heterocycles. The first-order chi connectivity index (χ1) is 7.91. The molecule has 0 aromatic heterocycles. The van der Waals surface area contributed by atoms with Crippen LogP contribution in [0.5, 0.6) is 0 Å². The number of carbonyl (C=O) groups excluding carboxylic acids is 1. The van der Waals surface area contributed by atoms with Gasteiger partial charge in [0.1, 0.15) is 5.82 Å². The first kappa shape index (κ1) is 14.3. The van der Waals surface area contributed by atoms with Crippen molar-refractivity contribution in [1.82, 2.24) is 0 Å². The molecule has 1 aromatic carbocycles. The number of Topliss-reactive ketones (excluding diaryl/α,β-unsaturated/α-hetero) is 1. The fraction of sp³-hybridized carbons (Fsp3) is 0.462. The first-order valence-electron chi connectivity index (χ1n) is 5.63. The van der Waals surface area contributed by atoms with Crippen LogP contribution in [-0.4, -0.2) is 11.8 Å². The third kappa shape index (κ3) is 4.21. The fourth-order valence-corrected chi connectivity index (χ4v) is 2.05. The average molecular weight is 302 g/mol. The van der Waals surface area contributed by atoms with E-state index in [2.05, 4.69) is 15.9 Å². The molecule has 94 valence electrons. The molecular formula is C13H17BrFNO. The number of carbonyl (C=O) groups is 1. The second kappa shape index (κ2) is 6.26. The van der Waals surface area contributed by atoms with Gasteiger partial charge in [0.15, 0.2) is 5.78 Å². The minimum atomic E-state index is -0.467.